The van der Waals surface area contributed by atoms with Crippen LogP contribution in [0, 0.1) is 5.41 Å². The Morgan fingerprint density at radius 3 is 2.26 bits per heavy atom. The number of carbonyl (C=O) groups excluding carboxylic acids is 3. The number of nitrogens with zero attached hydrogens (tertiary/aromatic N) is 3. The number of ether oxygens (including phenoxy) is 2. The topological polar surface area (TPSA) is 123 Å². The molecule has 3 aromatic rings. The molecule has 220 valence electrons. The molecule has 10 heteroatoms. The van der Waals surface area contributed by atoms with Gasteiger partial charge in [0.05, 0.1) is 26.4 Å². The van der Waals surface area contributed by atoms with Crippen LogP contribution in [-0.4, -0.2) is 73.1 Å². The van der Waals surface area contributed by atoms with Gasteiger partial charge in [-0.05, 0) is 48.6 Å². The fourth-order valence-corrected chi connectivity index (χ4v) is 5.02. The molecule has 0 radical (unpaired) electrons. The Morgan fingerprint density at radius 2 is 1.60 bits per heavy atom. The van der Waals surface area contributed by atoms with Crippen molar-refractivity contribution in [3.05, 3.63) is 83.7 Å². The second kappa shape index (κ2) is 13.1. The van der Waals surface area contributed by atoms with Crippen molar-refractivity contribution in [2.75, 3.05) is 38.3 Å². The van der Waals surface area contributed by atoms with E-state index in [1.807, 2.05) is 54.3 Å². The Bertz CT molecular complexity index is 1390. The second-order valence-electron chi connectivity index (χ2n) is 11.1. The third-order valence-electron chi connectivity index (χ3n) is 7.90. The number of ketones is 1. The molecule has 2 aromatic carbocycles. The first kappa shape index (κ1) is 29.2. The molecule has 1 saturated heterocycles. The normalized spacial score (nSPS) is 17.0. The lowest BCUT2D eigenvalue weighted by molar-refractivity contribution is -0.131. The number of aromatic nitrogens is 2. The van der Waals surface area contributed by atoms with Crippen LogP contribution in [0.5, 0.6) is 5.75 Å². The van der Waals surface area contributed by atoms with E-state index in [4.69, 9.17) is 9.47 Å². The van der Waals surface area contributed by atoms with Crippen molar-refractivity contribution in [2.45, 2.75) is 44.7 Å². The summed E-state index contributed by atoms with van der Waals surface area (Å²) >= 11 is 0. The third kappa shape index (κ3) is 7.30. The van der Waals surface area contributed by atoms with Gasteiger partial charge in [-0.1, -0.05) is 49.4 Å². The van der Waals surface area contributed by atoms with Crippen LogP contribution in [0.2, 0.25) is 0 Å². The van der Waals surface area contributed by atoms with Gasteiger partial charge in [-0.2, -0.15) is 0 Å². The Labute approximate surface area is 245 Å². The lowest BCUT2D eigenvalue weighted by Crippen LogP contribution is -2.54. The highest BCUT2D eigenvalue weighted by atomic mass is 16.5. The van der Waals surface area contributed by atoms with Crippen molar-refractivity contribution >= 4 is 23.5 Å². The smallest absolute Gasteiger partial charge is 0.270 e. The molecule has 42 heavy (non-hydrogen) atoms. The number of anilines is 1. The van der Waals surface area contributed by atoms with Crippen molar-refractivity contribution in [1.82, 2.24) is 20.6 Å². The monoisotopic (exact) mass is 571 g/mol. The molecule has 2 heterocycles. The molecule has 1 saturated carbocycles. The van der Waals surface area contributed by atoms with Crippen molar-refractivity contribution in [3.8, 4) is 5.75 Å². The van der Waals surface area contributed by atoms with Gasteiger partial charge in [0.1, 0.15) is 17.5 Å². The summed E-state index contributed by atoms with van der Waals surface area (Å²) in [5.74, 6) is 0.209. The minimum atomic E-state index is -0.953. The predicted molar refractivity (Wildman–Crippen MR) is 157 cm³/mol. The van der Waals surface area contributed by atoms with Gasteiger partial charge in [-0.15, -0.1) is 0 Å². The minimum Gasteiger partial charge on any atom is -0.497 e. The Hall–Kier alpha value is -4.31. The van der Waals surface area contributed by atoms with Crippen LogP contribution in [0.3, 0.4) is 0 Å². The number of carbonyl (C=O) groups is 3. The summed E-state index contributed by atoms with van der Waals surface area (Å²) < 4.78 is 10.7. The second-order valence-corrected chi connectivity index (χ2v) is 11.1. The molecule has 0 spiro atoms. The van der Waals surface area contributed by atoms with E-state index >= 15 is 0 Å². The lowest BCUT2D eigenvalue weighted by Gasteiger charge is -2.27. The summed E-state index contributed by atoms with van der Waals surface area (Å²) in [7, 11) is 1.59. The van der Waals surface area contributed by atoms with E-state index in [1.165, 1.54) is 12.3 Å². The molecule has 0 bridgehead atoms. The fourth-order valence-electron chi connectivity index (χ4n) is 5.02. The highest BCUT2D eigenvalue weighted by molar-refractivity contribution is 5.99. The van der Waals surface area contributed by atoms with Crippen LogP contribution < -0.4 is 20.3 Å². The van der Waals surface area contributed by atoms with Gasteiger partial charge in [0.15, 0.2) is 5.78 Å². The predicted octanol–water partition coefficient (Wildman–Crippen LogP) is 2.76. The molecule has 2 atom stereocenters. The number of hydrogen-bond donors (Lipinski definition) is 2. The molecule has 0 unspecified atom stereocenters. The number of Topliss-reactive ketones (excluding diaryl/α,β-unsaturated/α-hetero) is 1. The summed E-state index contributed by atoms with van der Waals surface area (Å²) in [5, 5.41) is 5.87. The van der Waals surface area contributed by atoms with E-state index < -0.39 is 29.3 Å². The molecule has 5 rings (SSSR count). The first-order valence-electron chi connectivity index (χ1n) is 14.3. The summed E-state index contributed by atoms with van der Waals surface area (Å²) in [5.41, 5.74) is 1.50. The SMILES string of the molecule is COc1ccc(C[C@H](NC(=O)c2ccnc(N3CCOCC3)n2)C(=O)N[C@@H](Cc2ccccc2)C(=O)C2(C)CC2)cc1. The van der Waals surface area contributed by atoms with E-state index in [0.29, 0.717) is 44.4 Å². The fraction of sp³-hybridized carbons (Fsp3) is 0.406. The molecule has 2 N–H and O–H groups in total. The summed E-state index contributed by atoms with van der Waals surface area (Å²) in [4.78, 5) is 51.6. The van der Waals surface area contributed by atoms with Gasteiger partial charge in [0.25, 0.3) is 5.91 Å². The van der Waals surface area contributed by atoms with E-state index in [9.17, 15) is 14.4 Å². The van der Waals surface area contributed by atoms with Crippen molar-refractivity contribution in [3.63, 3.8) is 0 Å². The van der Waals surface area contributed by atoms with Crippen LogP contribution >= 0.6 is 0 Å². The first-order chi connectivity index (χ1) is 20.3. The van der Waals surface area contributed by atoms with E-state index in [1.54, 1.807) is 19.2 Å². The van der Waals surface area contributed by atoms with Gasteiger partial charge >= 0.3 is 0 Å². The zero-order valence-electron chi connectivity index (χ0n) is 24.0. The number of nitrogens with one attached hydrogen (secondary N) is 2. The maximum Gasteiger partial charge on any atom is 0.270 e. The van der Waals surface area contributed by atoms with Crippen molar-refractivity contribution in [2.24, 2.45) is 5.41 Å². The molecule has 10 nitrogen and oxygen atoms in total. The van der Waals surface area contributed by atoms with Crippen LogP contribution in [0.15, 0.2) is 66.9 Å². The standard InChI is InChI=1S/C32H37N5O5/c1-32(13-14-32)28(38)26(20-22-6-4-3-5-7-22)34-30(40)27(21-23-8-10-24(41-2)11-9-23)35-29(39)25-12-15-33-31(36-25)37-16-18-42-19-17-37/h3-12,15,26-27H,13-14,16-21H2,1-2H3,(H,34,40)(H,35,39)/t26-,27-/m0/s1. The summed E-state index contributed by atoms with van der Waals surface area (Å²) in [6.07, 6.45) is 3.73. The van der Waals surface area contributed by atoms with Gasteiger partial charge in [-0.3, -0.25) is 14.4 Å². The number of rotatable bonds is 12. The Morgan fingerprint density at radius 1 is 0.929 bits per heavy atom. The maximum absolute atomic E-state index is 13.8. The van der Waals surface area contributed by atoms with Crippen molar-refractivity contribution in [1.29, 1.82) is 0 Å². The molecule has 1 aliphatic heterocycles. The van der Waals surface area contributed by atoms with Crippen molar-refractivity contribution < 1.29 is 23.9 Å². The maximum atomic E-state index is 13.8. The molecule has 1 aliphatic carbocycles. The minimum absolute atomic E-state index is 0.0141. The molecular formula is C32H37N5O5. The number of hydrogen-bond acceptors (Lipinski definition) is 8. The van der Waals surface area contributed by atoms with Gasteiger partial charge in [-0.25, -0.2) is 9.97 Å². The number of methoxy groups -OCH3 is 1. The average Bonchev–Trinajstić information content (AvgIpc) is 3.79. The number of benzene rings is 2. The quantitative estimate of drug-likeness (QED) is 0.340. The molecule has 1 aromatic heterocycles. The van der Waals surface area contributed by atoms with Crippen LogP contribution in [0.4, 0.5) is 5.95 Å². The molecule has 2 fully saturated rings. The van der Waals surface area contributed by atoms with E-state index in [0.717, 1.165) is 24.0 Å². The van der Waals surface area contributed by atoms with E-state index in [-0.39, 0.29) is 17.9 Å². The van der Waals surface area contributed by atoms with E-state index in [2.05, 4.69) is 20.6 Å². The van der Waals surface area contributed by atoms with Gasteiger partial charge in [0.2, 0.25) is 11.9 Å². The first-order valence-corrected chi connectivity index (χ1v) is 14.3. The molecule has 2 amide bonds. The van der Waals surface area contributed by atoms with Crippen LogP contribution in [-0.2, 0) is 27.2 Å². The van der Waals surface area contributed by atoms with Crippen LogP contribution in [0.1, 0.15) is 41.4 Å². The lowest BCUT2D eigenvalue weighted by atomic mass is 9.92. The molecular weight excluding hydrogens is 534 g/mol. The summed E-state index contributed by atoms with van der Waals surface area (Å²) in [6.45, 7) is 4.32. The largest absolute Gasteiger partial charge is 0.497 e. The highest BCUT2D eigenvalue weighted by Crippen LogP contribution is 2.46. The number of amides is 2. The Balaban J connectivity index is 1.37. The van der Waals surface area contributed by atoms with Gasteiger partial charge < -0.3 is 25.0 Å². The van der Waals surface area contributed by atoms with Gasteiger partial charge in [0, 0.05) is 31.1 Å². The van der Waals surface area contributed by atoms with Crippen LogP contribution in [0.25, 0.3) is 0 Å². The zero-order chi connectivity index (χ0) is 29.5. The zero-order valence-corrected chi connectivity index (χ0v) is 24.0. The Kier molecular flexibility index (Phi) is 9.12. The molecule has 2 aliphatic rings. The number of morpholine rings is 1. The third-order valence-corrected chi connectivity index (χ3v) is 7.90. The summed E-state index contributed by atoms with van der Waals surface area (Å²) in [6, 6.07) is 16.8. The average molecular weight is 572 g/mol. The highest BCUT2D eigenvalue weighted by Gasteiger charge is 2.48.